The number of anilines is 2. The van der Waals surface area contributed by atoms with Crippen LogP contribution in [-0.4, -0.2) is 53.8 Å². The van der Waals surface area contributed by atoms with Crippen LogP contribution in [0, 0.1) is 0 Å². The van der Waals surface area contributed by atoms with Crippen LogP contribution < -0.4 is 31.8 Å². The highest BCUT2D eigenvalue weighted by molar-refractivity contribution is 9.12. The summed E-state index contributed by atoms with van der Waals surface area (Å²) >= 11 is 7.07. The normalized spacial score (nSPS) is 25.9. The van der Waals surface area contributed by atoms with Crippen molar-refractivity contribution in [3.8, 4) is 11.5 Å². The molecule has 2 spiro atoms. The number of hydrogen-bond donors (Lipinski definition) is 4. The van der Waals surface area contributed by atoms with Crippen molar-refractivity contribution in [1.82, 2.24) is 0 Å². The van der Waals surface area contributed by atoms with Gasteiger partial charge in [-0.15, -0.1) is 0 Å². The largest absolute Gasteiger partial charge is 0.504 e. The Morgan fingerprint density at radius 1 is 0.780 bits per heavy atom. The SMILES string of the molecule is O=C1C=C(SSC2=CC(=O)C(Br)=CC23CCNc2c(O)c4c5c(c23)=NCCC=5C=N4)C2(C=CNc3c(O)c4c5c(c32)=NCCC=5C=N4)C=C1Br. The first-order valence-corrected chi connectivity index (χ1v) is 19.8. The number of aliphatic imine (C=N–C) groups is 2. The van der Waals surface area contributed by atoms with E-state index < -0.39 is 10.8 Å². The van der Waals surface area contributed by atoms with Crippen molar-refractivity contribution < 1.29 is 19.8 Å². The molecule has 0 radical (unpaired) electrons. The molecule has 0 bridgehead atoms. The molecule has 0 saturated heterocycles. The molecule has 2 aromatic carbocycles. The Morgan fingerprint density at radius 2 is 1.38 bits per heavy atom. The summed E-state index contributed by atoms with van der Waals surface area (Å²) in [5.74, 6) is -0.245. The molecule has 50 heavy (non-hydrogen) atoms. The maximum absolute atomic E-state index is 13.4. The smallest absolute Gasteiger partial charge is 0.193 e. The number of carbonyl (C=O) groups excluding carboxylic acids is 2. The molecule has 2 aromatic rings. The predicted octanol–water partition coefficient (Wildman–Crippen LogP) is 4.68. The van der Waals surface area contributed by atoms with Crippen LogP contribution in [0.25, 0.3) is 11.1 Å². The van der Waals surface area contributed by atoms with Gasteiger partial charge in [0.05, 0.1) is 41.9 Å². The van der Waals surface area contributed by atoms with Gasteiger partial charge in [0.25, 0.3) is 0 Å². The van der Waals surface area contributed by atoms with Crippen molar-refractivity contribution in [2.24, 2.45) is 20.0 Å². The molecule has 0 amide bonds. The molecule has 2 aliphatic carbocycles. The summed E-state index contributed by atoms with van der Waals surface area (Å²) in [6, 6.07) is 0. The van der Waals surface area contributed by atoms with Gasteiger partial charge in [-0.2, -0.15) is 0 Å². The lowest BCUT2D eigenvalue weighted by Crippen LogP contribution is -2.46. The van der Waals surface area contributed by atoms with Crippen LogP contribution in [0.4, 0.5) is 22.7 Å². The lowest BCUT2D eigenvalue weighted by atomic mass is 9.71. The van der Waals surface area contributed by atoms with Crippen LogP contribution >= 0.6 is 53.4 Å². The second-order valence-electron chi connectivity index (χ2n) is 13.1. The van der Waals surface area contributed by atoms with Crippen LogP contribution in [0.15, 0.2) is 75.3 Å². The average Bonchev–Trinajstić information content (AvgIpc) is 3.76. The molecule has 4 N–H and O–H groups in total. The number of aromatic hydroxyl groups is 2. The van der Waals surface area contributed by atoms with Crippen LogP contribution in [0.3, 0.4) is 0 Å². The Kier molecular flexibility index (Phi) is 6.63. The quantitative estimate of drug-likeness (QED) is 0.258. The highest BCUT2D eigenvalue weighted by atomic mass is 79.9. The third-order valence-electron chi connectivity index (χ3n) is 10.5. The van der Waals surface area contributed by atoms with Crippen molar-refractivity contribution in [2.75, 3.05) is 30.3 Å². The first kappa shape index (κ1) is 30.8. The van der Waals surface area contributed by atoms with Gasteiger partial charge in [-0.3, -0.25) is 29.6 Å². The van der Waals surface area contributed by atoms with Gasteiger partial charge >= 0.3 is 0 Å². The molecule has 0 fully saturated rings. The van der Waals surface area contributed by atoms with Gasteiger partial charge in [0.2, 0.25) is 0 Å². The van der Waals surface area contributed by atoms with E-state index in [1.165, 1.54) is 21.6 Å². The second-order valence-corrected chi connectivity index (χ2v) is 17.0. The summed E-state index contributed by atoms with van der Waals surface area (Å²) in [5, 5.41) is 33.0. The standard InChI is InChI=1S/C36H24Br2N6O4S2/c37-17-11-35(3-7-41-31-25(35)27-23-15(1-5-39-27)13-43-29(23)33(31)47)21(9-19(17)45)49-50-22-10-20(46)18(38)12-36(22)4-8-42-32-26(36)28-24-16(2-6-40-28)14-44-30(24)34(32)48/h3,7,9-14,41-42,47-48H,1-2,4-6,8H2. The van der Waals surface area contributed by atoms with E-state index in [0.29, 0.717) is 62.7 Å². The van der Waals surface area contributed by atoms with Gasteiger partial charge in [-0.1, -0.05) is 27.7 Å². The summed E-state index contributed by atoms with van der Waals surface area (Å²) in [4.78, 5) is 47.3. The molecule has 2 atom stereocenters. The number of nitrogens with zero attached hydrogens (tertiary/aromatic N) is 4. The zero-order valence-corrected chi connectivity index (χ0v) is 30.7. The van der Waals surface area contributed by atoms with Crippen molar-refractivity contribution >= 4 is 111 Å². The van der Waals surface area contributed by atoms with Crippen LogP contribution in [0.5, 0.6) is 11.5 Å². The van der Waals surface area contributed by atoms with Gasteiger partial charge in [-0.05, 0) is 92.8 Å². The lowest BCUT2D eigenvalue weighted by molar-refractivity contribution is -0.111. The Hall–Kier alpha value is -3.98. The van der Waals surface area contributed by atoms with E-state index in [2.05, 4.69) is 52.5 Å². The number of phenols is 2. The summed E-state index contributed by atoms with van der Waals surface area (Å²) in [6.07, 6.45) is 16.6. The fraction of sp³-hybridized carbons (Fsp3) is 0.222. The fourth-order valence-corrected chi connectivity index (χ4v) is 12.2. The number of ketones is 2. The molecule has 14 heteroatoms. The minimum atomic E-state index is -0.974. The van der Waals surface area contributed by atoms with Gasteiger partial charge in [-0.25, -0.2) is 0 Å². The fourth-order valence-electron chi connectivity index (χ4n) is 8.29. The number of allylic oxidation sites excluding steroid dienone is 9. The van der Waals surface area contributed by atoms with E-state index in [-0.39, 0.29) is 23.1 Å². The number of carbonyl (C=O) groups is 2. The highest BCUT2D eigenvalue weighted by Crippen LogP contribution is 2.59. The minimum Gasteiger partial charge on any atom is -0.504 e. The first-order valence-electron chi connectivity index (χ1n) is 16.1. The molecule has 10 rings (SSSR count). The summed E-state index contributed by atoms with van der Waals surface area (Å²) in [7, 11) is 2.82. The zero-order valence-electron chi connectivity index (χ0n) is 25.9. The number of rotatable bonds is 3. The van der Waals surface area contributed by atoms with Crippen LogP contribution in [0.1, 0.15) is 30.4 Å². The molecule has 10 nitrogen and oxygen atoms in total. The first-order chi connectivity index (χ1) is 24.2. The summed E-state index contributed by atoms with van der Waals surface area (Å²) in [6.45, 7) is 1.71. The number of nitrogens with one attached hydrogen (secondary N) is 2. The zero-order chi connectivity index (χ0) is 34.1. The van der Waals surface area contributed by atoms with E-state index in [1.54, 1.807) is 24.6 Å². The van der Waals surface area contributed by atoms with E-state index in [1.807, 2.05) is 24.4 Å². The number of halogens is 2. The number of hydrogen-bond acceptors (Lipinski definition) is 12. The maximum atomic E-state index is 13.4. The Balaban J connectivity index is 1.14. The maximum Gasteiger partial charge on any atom is 0.193 e. The van der Waals surface area contributed by atoms with Crippen LogP contribution in [-0.2, 0) is 20.4 Å². The third kappa shape index (κ3) is 3.98. The molecular formula is C36H24Br2N6O4S2. The molecule has 8 aliphatic rings. The van der Waals surface area contributed by atoms with Crippen molar-refractivity contribution in [3.63, 3.8) is 0 Å². The molecular weight excluding hydrogens is 804 g/mol. The molecule has 0 saturated carbocycles. The molecule has 0 aromatic heterocycles. The Bertz CT molecular complexity index is 2610. The molecule has 248 valence electrons. The van der Waals surface area contributed by atoms with Gasteiger partial charge in [0.1, 0.15) is 11.4 Å². The van der Waals surface area contributed by atoms with Crippen LogP contribution in [0.2, 0.25) is 0 Å². The summed E-state index contributed by atoms with van der Waals surface area (Å²) in [5.41, 5.74) is 3.94. The molecule has 6 aliphatic heterocycles. The van der Waals surface area contributed by atoms with Crippen molar-refractivity contribution in [2.45, 2.75) is 30.1 Å². The monoisotopic (exact) mass is 826 g/mol. The Labute approximate surface area is 308 Å². The van der Waals surface area contributed by atoms with Gasteiger partial charge in [0.15, 0.2) is 23.1 Å². The van der Waals surface area contributed by atoms with E-state index >= 15 is 0 Å². The predicted molar refractivity (Wildman–Crippen MR) is 204 cm³/mol. The average molecular weight is 829 g/mol. The highest BCUT2D eigenvalue weighted by Gasteiger charge is 2.48. The molecule has 6 heterocycles. The number of fused-ring (bicyclic) bond motifs is 6. The van der Waals surface area contributed by atoms with E-state index in [9.17, 15) is 19.8 Å². The number of phenolic OH excluding ortho intramolecular Hbond substituents is 2. The van der Waals surface area contributed by atoms with E-state index in [0.717, 1.165) is 61.2 Å². The van der Waals surface area contributed by atoms with Crippen molar-refractivity contribution in [1.29, 1.82) is 0 Å². The van der Waals surface area contributed by atoms with Crippen molar-refractivity contribution in [3.05, 3.63) is 87.6 Å². The summed E-state index contributed by atoms with van der Waals surface area (Å²) < 4.78 is 0.836. The van der Waals surface area contributed by atoms with Gasteiger partial charge in [0, 0.05) is 63.4 Å². The lowest BCUT2D eigenvalue weighted by Gasteiger charge is -2.42. The third-order valence-corrected chi connectivity index (χ3v) is 14.5. The molecule has 2 unspecified atom stereocenters. The topological polar surface area (TPSA) is 148 Å². The Morgan fingerprint density at radius 3 is 2.08 bits per heavy atom. The minimum absolute atomic E-state index is 0.0373. The van der Waals surface area contributed by atoms with Gasteiger partial charge < -0.3 is 20.8 Å². The van der Waals surface area contributed by atoms with E-state index in [4.69, 9.17) is 9.98 Å². The second kappa shape index (κ2) is 10.8. The number of benzene rings is 2.